The van der Waals surface area contributed by atoms with Gasteiger partial charge < -0.3 is 9.47 Å². The van der Waals surface area contributed by atoms with Crippen molar-refractivity contribution < 1.29 is 18.7 Å². The van der Waals surface area contributed by atoms with Gasteiger partial charge in [-0.3, -0.25) is 4.79 Å². The van der Waals surface area contributed by atoms with E-state index in [0.29, 0.717) is 22.8 Å². The molecular formula is C17H14ClFN2O3. The maximum absolute atomic E-state index is 13.1. The summed E-state index contributed by atoms with van der Waals surface area (Å²) in [4.78, 5) is 12.2. The third-order valence-electron chi connectivity index (χ3n) is 3.46. The molecule has 1 atom stereocenters. The third kappa shape index (κ3) is 3.49. The van der Waals surface area contributed by atoms with Gasteiger partial charge in [0.1, 0.15) is 12.4 Å². The first-order valence-corrected chi connectivity index (χ1v) is 7.60. The number of nitrogens with one attached hydrogen (secondary N) is 1. The van der Waals surface area contributed by atoms with Gasteiger partial charge in [0.15, 0.2) is 11.5 Å². The minimum absolute atomic E-state index is 0.0920. The van der Waals surface area contributed by atoms with Crippen molar-refractivity contribution in [1.82, 2.24) is 5.43 Å². The van der Waals surface area contributed by atoms with Crippen LogP contribution in [0.4, 0.5) is 4.39 Å². The summed E-state index contributed by atoms with van der Waals surface area (Å²) in [5, 5.41) is 4.21. The molecule has 0 aromatic heterocycles. The van der Waals surface area contributed by atoms with Gasteiger partial charge in [0.25, 0.3) is 5.91 Å². The summed E-state index contributed by atoms with van der Waals surface area (Å²) in [6, 6.07) is 11.1. The second kappa shape index (κ2) is 6.88. The van der Waals surface area contributed by atoms with E-state index in [1.165, 1.54) is 18.2 Å². The van der Waals surface area contributed by atoms with Gasteiger partial charge in [0.2, 0.25) is 6.10 Å². The van der Waals surface area contributed by atoms with Crippen LogP contribution in [0.1, 0.15) is 12.5 Å². The Labute approximate surface area is 143 Å². The molecule has 5 nitrogen and oxygen atoms in total. The average molecular weight is 349 g/mol. The van der Waals surface area contributed by atoms with Crippen LogP contribution in [0.15, 0.2) is 47.6 Å². The molecule has 2 aromatic carbocycles. The highest BCUT2D eigenvalue weighted by Crippen LogP contribution is 2.30. The van der Waals surface area contributed by atoms with E-state index >= 15 is 0 Å². The first-order valence-electron chi connectivity index (χ1n) is 7.22. The van der Waals surface area contributed by atoms with Crippen LogP contribution < -0.4 is 14.9 Å². The van der Waals surface area contributed by atoms with E-state index in [-0.39, 0.29) is 11.6 Å². The molecule has 1 N–H and O–H groups in total. The van der Waals surface area contributed by atoms with Crippen molar-refractivity contribution >= 4 is 23.2 Å². The van der Waals surface area contributed by atoms with Crippen LogP contribution in [0.5, 0.6) is 11.5 Å². The molecular weight excluding hydrogens is 335 g/mol. The zero-order valence-electron chi connectivity index (χ0n) is 12.8. The Morgan fingerprint density at radius 1 is 1.29 bits per heavy atom. The van der Waals surface area contributed by atoms with Crippen molar-refractivity contribution in [2.45, 2.75) is 13.0 Å². The van der Waals surface area contributed by atoms with Gasteiger partial charge >= 0.3 is 0 Å². The minimum atomic E-state index is -0.805. The summed E-state index contributed by atoms with van der Waals surface area (Å²) >= 11 is 5.97. The largest absolute Gasteiger partial charge is 0.485 e. The smallest absolute Gasteiger partial charge is 0.284 e. The number of benzene rings is 2. The fraction of sp³-hybridized carbons (Fsp3) is 0.176. The van der Waals surface area contributed by atoms with E-state index in [1.54, 1.807) is 25.1 Å². The van der Waals surface area contributed by atoms with E-state index in [9.17, 15) is 9.18 Å². The Bertz CT molecular complexity index is 810. The molecule has 0 saturated heterocycles. The number of fused-ring (bicyclic) bond motifs is 1. The number of rotatable bonds is 3. The Kier molecular flexibility index (Phi) is 4.66. The van der Waals surface area contributed by atoms with Crippen LogP contribution in [-0.4, -0.2) is 24.3 Å². The van der Waals surface area contributed by atoms with Crippen LogP contribution in [-0.2, 0) is 4.79 Å². The van der Waals surface area contributed by atoms with Gasteiger partial charge in [-0.25, -0.2) is 9.82 Å². The Morgan fingerprint density at radius 2 is 2.04 bits per heavy atom. The number of carbonyl (C=O) groups is 1. The summed E-state index contributed by atoms with van der Waals surface area (Å²) in [5.41, 5.74) is 3.40. The molecule has 124 valence electrons. The lowest BCUT2D eigenvalue weighted by Gasteiger charge is -2.24. The zero-order chi connectivity index (χ0) is 17.1. The highest BCUT2D eigenvalue weighted by molar-refractivity contribution is 6.34. The summed E-state index contributed by atoms with van der Waals surface area (Å²) < 4.78 is 24.1. The SMILES string of the molecule is C/C(=N/NC(=O)[C@H]1COc2ccccc2O1)c1ccc(F)cc1Cl. The van der Waals surface area contributed by atoms with E-state index in [0.717, 1.165) is 0 Å². The van der Waals surface area contributed by atoms with E-state index < -0.39 is 17.8 Å². The molecule has 0 radical (unpaired) electrons. The Hall–Kier alpha value is -2.60. The molecule has 1 aliphatic rings. The number of halogens is 2. The fourth-order valence-corrected chi connectivity index (χ4v) is 2.51. The number of ether oxygens (including phenoxy) is 2. The highest BCUT2D eigenvalue weighted by Gasteiger charge is 2.27. The van der Waals surface area contributed by atoms with Crippen molar-refractivity contribution in [2.75, 3.05) is 6.61 Å². The molecule has 0 saturated carbocycles. The molecule has 0 fully saturated rings. The Morgan fingerprint density at radius 3 is 2.79 bits per heavy atom. The van der Waals surface area contributed by atoms with Gasteiger partial charge in [0, 0.05) is 5.56 Å². The number of carbonyl (C=O) groups excluding carboxylic acids is 1. The average Bonchev–Trinajstić information content (AvgIpc) is 2.59. The molecule has 2 aromatic rings. The number of nitrogens with zero attached hydrogens (tertiary/aromatic N) is 1. The summed E-state index contributed by atoms with van der Waals surface area (Å²) in [7, 11) is 0. The topological polar surface area (TPSA) is 59.9 Å². The van der Waals surface area contributed by atoms with Crippen molar-refractivity contribution in [3.63, 3.8) is 0 Å². The number of para-hydroxylation sites is 2. The monoisotopic (exact) mass is 348 g/mol. The second-order valence-electron chi connectivity index (χ2n) is 5.16. The third-order valence-corrected chi connectivity index (χ3v) is 3.77. The number of hydrogen-bond acceptors (Lipinski definition) is 4. The molecule has 3 rings (SSSR count). The molecule has 0 unspecified atom stereocenters. The van der Waals surface area contributed by atoms with Gasteiger partial charge in [0.05, 0.1) is 10.7 Å². The van der Waals surface area contributed by atoms with E-state index in [4.69, 9.17) is 21.1 Å². The van der Waals surface area contributed by atoms with E-state index in [1.807, 2.05) is 6.07 Å². The second-order valence-corrected chi connectivity index (χ2v) is 5.57. The van der Waals surface area contributed by atoms with Crippen molar-refractivity contribution in [2.24, 2.45) is 5.10 Å². The maximum atomic E-state index is 13.1. The quantitative estimate of drug-likeness (QED) is 0.684. The first-order chi connectivity index (χ1) is 11.5. The normalized spacial score (nSPS) is 16.6. The van der Waals surface area contributed by atoms with Gasteiger partial charge in [-0.15, -0.1) is 0 Å². The lowest BCUT2D eigenvalue weighted by molar-refractivity contribution is -0.130. The van der Waals surface area contributed by atoms with Crippen molar-refractivity contribution in [3.05, 3.63) is 58.9 Å². The van der Waals surface area contributed by atoms with Crippen molar-refractivity contribution in [3.8, 4) is 11.5 Å². The summed E-state index contributed by atoms with van der Waals surface area (Å²) in [6.07, 6.45) is -0.805. The number of amides is 1. The molecule has 1 heterocycles. The summed E-state index contributed by atoms with van der Waals surface area (Å²) in [6.45, 7) is 1.75. The van der Waals surface area contributed by atoms with Gasteiger partial charge in [-0.05, 0) is 37.3 Å². The molecule has 0 spiro atoms. The summed E-state index contributed by atoms with van der Waals surface area (Å²) in [5.74, 6) is 0.222. The highest BCUT2D eigenvalue weighted by atomic mass is 35.5. The zero-order valence-corrected chi connectivity index (χ0v) is 13.5. The number of hydrogen-bond donors (Lipinski definition) is 1. The molecule has 1 aliphatic heterocycles. The van der Waals surface area contributed by atoms with Crippen LogP contribution in [0.25, 0.3) is 0 Å². The van der Waals surface area contributed by atoms with E-state index in [2.05, 4.69) is 10.5 Å². The lowest BCUT2D eigenvalue weighted by atomic mass is 10.1. The first kappa shape index (κ1) is 16.3. The molecule has 0 bridgehead atoms. The minimum Gasteiger partial charge on any atom is -0.485 e. The number of hydrazone groups is 1. The standard InChI is InChI=1S/C17H14ClFN2O3/c1-10(12-7-6-11(19)8-13(12)18)20-21-17(22)16-9-23-14-4-2-3-5-15(14)24-16/h2-8,16H,9H2,1H3,(H,21,22)/b20-10-/t16-/m1/s1. The predicted octanol–water partition coefficient (Wildman–Crippen LogP) is 3.16. The fourth-order valence-electron chi connectivity index (χ4n) is 2.20. The van der Waals surface area contributed by atoms with Gasteiger partial charge in [-0.1, -0.05) is 23.7 Å². The molecule has 24 heavy (non-hydrogen) atoms. The predicted molar refractivity (Wildman–Crippen MR) is 88.1 cm³/mol. The van der Waals surface area contributed by atoms with Crippen LogP contribution in [0.2, 0.25) is 5.02 Å². The lowest BCUT2D eigenvalue weighted by Crippen LogP contribution is -2.42. The van der Waals surface area contributed by atoms with Crippen LogP contribution in [0.3, 0.4) is 0 Å². The maximum Gasteiger partial charge on any atom is 0.284 e. The van der Waals surface area contributed by atoms with Crippen LogP contribution >= 0.6 is 11.6 Å². The Balaban J connectivity index is 1.67. The molecule has 0 aliphatic carbocycles. The van der Waals surface area contributed by atoms with Gasteiger partial charge in [-0.2, -0.15) is 5.10 Å². The molecule has 1 amide bonds. The molecule has 7 heteroatoms. The van der Waals surface area contributed by atoms with Crippen LogP contribution in [0, 0.1) is 5.82 Å². The van der Waals surface area contributed by atoms with Crippen molar-refractivity contribution in [1.29, 1.82) is 0 Å².